The predicted molar refractivity (Wildman–Crippen MR) is 55.2 cm³/mol. The number of hydrogen-bond acceptors (Lipinski definition) is 5. The summed E-state index contributed by atoms with van der Waals surface area (Å²) in [6.07, 6.45) is 0. The topological polar surface area (TPSA) is 76.0 Å². The van der Waals surface area contributed by atoms with E-state index in [1.807, 2.05) is 11.8 Å². The Labute approximate surface area is 85.4 Å². The molecule has 0 spiro atoms. The first-order valence-electron chi connectivity index (χ1n) is 5.03. The molecule has 1 atom stereocenters. The van der Waals surface area contributed by atoms with Crippen LogP contribution in [0.3, 0.4) is 0 Å². The molecule has 0 aliphatic heterocycles. The molecule has 0 aromatic carbocycles. The maximum absolute atomic E-state index is 8.80. The van der Waals surface area contributed by atoms with Crippen LogP contribution in [0, 0.1) is 0 Å². The summed E-state index contributed by atoms with van der Waals surface area (Å²) in [5.41, 5.74) is 0. The van der Waals surface area contributed by atoms with Crippen LogP contribution in [-0.4, -0.2) is 72.3 Å². The Morgan fingerprint density at radius 1 is 1.07 bits per heavy atom. The molecule has 5 heteroatoms. The fourth-order valence-corrected chi connectivity index (χ4v) is 1.33. The minimum Gasteiger partial charge on any atom is -0.395 e. The molecule has 4 N–H and O–H groups in total. The van der Waals surface area contributed by atoms with E-state index in [2.05, 4.69) is 5.32 Å². The molecule has 0 aliphatic carbocycles. The molecule has 0 saturated heterocycles. The Balaban J connectivity index is 3.69. The molecule has 0 saturated carbocycles. The summed E-state index contributed by atoms with van der Waals surface area (Å²) in [6, 6.07) is 0.251. The Bertz CT molecular complexity index is 119. The quantitative estimate of drug-likeness (QED) is 0.336. The maximum atomic E-state index is 8.80. The van der Waals surface area contributed by atoms with Gasteiger partial charge in [-0.3, -0.25) is 4.90 Å². The van der Waals surface area contributed by atoms with E-state index in [0.29, 0.717) is 19.6 Å². The van der Waals surface area contributed by atoms with Crippen LogP contribution in [0.15, 0.2) is 0 Å². The highest BCUT2D eigenvalue weighted by molar-refractivity contribution is 4.69. The maximum Gasteiger partial charge on any atom is 0.0558 e. The number of rotatable bonds is 9. The van der Waals surface area contributed by atoms with Crippen molar-refractivity contribution in [3.63, 3.8) is 0 Å². The number of aliphatic hydroxyl groups excluding tert-OH is 3. The first kappa shape index (κ1) is 13.8. The lowest BCUT2D eigenvalue weighted by Gasteiger charge is -2.27. The van der Waals surface area contributed by atoms with Gasteiger partial charge in [0.25, 0.3) is 0 Å². The highest BCUT2D eigenvalue weighted by atomic mass is 16.3. The zero-order chi connectivity index (χ0) is 10.8. The van der Waals surface area contributed by atoms with Crippen molar-refractivity contribution in [2.24, 2.45) is 0 Å². The van der Waals surface area contributed by atoms with Crippen LogP contribution >= 0.6 is 0 Å². The summed E-state index contributed by atoms with van der Waals surface area (Å²) in [4.78, 5) is 2.00. The van der Waals surface area contributed by atoms with Crippen LogP contribution in [0.2, 0.25) is 0 Å². The van der Waals surface area contributed by atoms with Gasteiger partial charge in [0.15, 0.2) is 0 Å². The standard InChI is InChI=1S/C9H22N2O3/c1-9(8-10-2-5-12)11(3-6-13)4-7-14/h9-10,12-14H,2-8H2,1H3. The van der Waals surface area contributed by atoms with Crippen molar-refractivity contribution in [2.75, 3.05) is 46.0 Å². The van der Waals surface area contributed by atoms with Crippen molar-refractivity contribution < 1.29 is 15.3 Å². The van der Waals surface area contributed by atoms with Crippen LogP contribution in [0.25, 0.3) is 0 Å². The van der Waals surface area contributed by atoms with Crippen molar-refractivity contribution in [1.82, 2.24) is 10.2 Å². The van der Waals surface area contributed by atoms with Gasteiger partial charge in [0.1, 0.15) is 0 Å². The average Bonchev–Trinajstić information content (AvgIpc) is 2.18. The van der Waals surface area contributed by atoms with E-state index in [1.54, 1.807) is 0 Å². The van der Waals surface area contributed by atoms with Gasteiger partial charge < -0.3 is 20.6 Å². The van der Waals surface area contributed by atoms with Crippen LogP contribution in [0.4, 0.5) is 0 Å². The lowest BCUT2D eigenvalue weighted by atomic mass is 10.2. The molecule has 0 bridgehead atoms. The Kier molecular flexibility index (Phi) is 9.23. The van der Waals surface area contributed by atoms with Crippen molar-refractivity contribution in [3.05, 3.63) is 0 Å². The second-order valence-electron chi connectivity index (χ2n) is 3.26. The molecule has 1 unspecified atom stereocenters. The number of aliphatic hydroxyl groups is 3. The molecule has 86 valence electrons. The minimum atomic E-state index is 0.102. The molecule has 0 aliphatic rings. The Morgan fingerprint density at radius 3 is 2.07 bits per heavy atom. The van der Waals surface area contributed by atoms with Gasteiger partial charge in [0.05, 0.1) is 19.8 Å². The molecular formula is C9H22N2O3. The van der Waals surface area contributed by atoms with Gasteiger partial charge in [-0.2, -0.15) is 0 Å². The number of nitrogens with zero attached hydrogens (tertiary/aromatic N) is 1. The van der Waals surface area contributed by atoms with Crippen LogP contribution in [0.5, 0.6) is 0 Å². The summed E-state index contributed by atoms with van der Waals surface area (Å²) in [6.45, 7) is 4.83. The zero-order valence-corrected chi connectivity index (χ0v) is 8.82. The molecular weight excluding hydrogens is 184 g/mol. The van der Waals surface area contributed by atoms with E-state index in [4.69, 9.17) is 15.3 Å². The third kappa shape index (κ3) is 6.28. The normalized spacial score (nSPS) is 13.5. The van der Waals surface area contributed by atoms with Gasteiger partial charge in [-0.25, -0.2) is 0 Å². The molecule has 0 fully saturated rings. The van der Waals surface area contributed by atoms with E-state index in [0.717, 1.165) is 6.54 Å². The lowest BCUT2D eigenvalue weighted by Crippen LogP contribution is -2.43. The third-order valence-electron chi connectivity index (χ3n) is 2.13. The van der Waals surface area contributed by atoms with Gasteiger partial charge in [-0.1, -0.05) is 0 Å². The Morgan fingerprint density at radius 2 is 1.64 bits per heavy atom. The molecule has 0 radical (unpaired) electrons. The molecule has 0 aromatic heterocycles. The second-order valence-corrected chi connectivity index (χ2v) is 3.26. The summed E-state index contributed by atoms with van der Waals surface area (Å²) in [5.74, 6) is 0. The molecule has 0 amide bonds. The molecule has 5 nitrogen and oxygen atoms in total. The van der Waals surface area contributed by atoms with Crippen molar-refractivity contribution in [3.8, 4) is 0 Å². The van der Waals surface area contributed by atoms with E-state index < -0.39 is 0 Å². The summed E-state index contributed by atoms with van der Waals surface area (Å²) in [5, 5.41) is 29.2. The summed E-state index contributed by atoms with van der Waals surface area (Å²) in [7, 11) is 0. The minimum absolute atomic E-state index is 0.102. The van der Waals surface area contributed by atoms with Crippen molar-refractivity contribution in [1.29, 1.82) is 0 Å². The van der Waals surface area contributed by atoms with Gasteiger partial charge in [0, 0.05) is 32.2 Å². The molecule has 14 heavy (non-hydrogen) atoms. The van der Waals surface area contributed by atoms with Crippen LogP contribution in [0.1, 0.15) is 6.92 Å². The van der Waals surface area contributed by atoms with Crippen molar-refractivity contribution in [2.45, 2.75) is 13.0 Å². The van der Waals surface area contributed by atoms with E-state index in [1.165, 1.54) is 0 Å². The van der Waals surface area contributed by atoms with Gasteiger partial charge in [0.2, 0.25) is 0 Å². The number of nitrogens with one attached hydrogen (secondary N) is 1. The summed E-state index contributed by atoms with van der Waals surface area (Å²) >= 11 is 0. The SMILES string of the molecule is CC(CNCCO)N(CCO)CCO. The second kappa shape index (κ2) is 9.36. The van der Waals surface area contributed by atoms with Crippen LogP contribution in [-0.2, 0) is 0 Å². The van der Waals surface area contributed by atoms with Gasteiger partial charge >= 0.3 is 0 Å². The highest BCUT2D eigenvalue weighted by Crippen LogP contribution is 1.96. The van der Waals surface area contributed by atoms with E-state index in [-0.39, 0.29) is 25.9 Å². The third-order valence-corrected chi connectivity index (χ3v) is 2.13. The fraction of sp³-hybridized carbons (Fsp3) is 1.00. The zero-order valence-electron chi connectivity index (χ0n) is 8.82. The number of hydrogen-bond donors (Lipinski definition) is 4. The average molecular weight is 206 g/mol. The predicted octanol–water partition coefficient (Wildman–Crippen LogP) is -1.76. The van der Waals surface area contributed by atoms with E-state index in [9.17, 15) is 0 Å². The fourth-order valence-electron chi connectivity index (χ4n) is 1.33. The monoisotopic (exact) mass is 206 g/mol. The molecule has 0 rings (SSSR count). The van der Waals surface area contributed by atoms with Crippen LogP contribution < -0.4 is 5.32 Å². The van der Waals surface area contributed by atoms with Gasteiger partial charge in [-0.15, -0.1) is 0 Å². The summed E-state index contributed by atoms with van der Waals surface area (Å²) < 4.78 is 0. The highest BCUT2D eigenvalue weighted by Gasteiger charge is 2.11. The first-order valence-corrected chi connectivity index (χ1v) is 5.03. The smallest absolute Gasteiger partial charge is 0.0558 e. The first-order chi connectivity index (χ1) is 6.76. The van der Waals surface area contributed by atoms with Crippen molar-refractivity contribution >= 4 is 0 Å². The largest absolute Gasteiger partial charge is 0.395 e. The lowest BCUT2D eigenvalue weighted by molar-refractivity contribution is 0.126. The van der Waals surface area contributed by atoms with Gasteiger partial charge in [-0.05, 0) is 6.92 Å². The van der Waals surface area contributed by atoms with E-state index >= 15 is 0 Å². The Hall–Kier alpha value is -0.200. The molecule has 0 aromatic rings. The molecule has 0 heterocycles.